The maximum Gasteiger partial charge on any atom is 0.239 e. The average molecular weight is 501 g/mol. The van der Waals surface area contributed by atoms with Crippen molar-refractivity contribution < 1.29 is 19.1 Å². The molecule has 8 nitrogen and oxygen atoms in total. The van der Waals surface area contributed by atoms with Gasteiger partial charge in [0.25, 0.3) is 0 Å². The van der Waals surface area contributed by atoms with Crippen molar-refractivity contribution in [2.24, 2.45) is 5.73 Å². The second-order valence-electron chi connectivity index (χ2n) is 8.83. The summed E-state index contributed by atoms with van der Waals surface area (Å²) in [6.45, 7) is 1.60. The van der Waals surface area contributed by atoms with E-state index in [2.05, 4.69) is 15.6 Å². The summed E-state index contributed by atoms with van der Waals surface area (Å²) in [4.78, 5) is 28.0. The van der Waals surface area contributed by atoms with Crippen molar-refractivity contribution in [1.29, 1.82) is 0 Å². The van der Waals surface area contributed by atoms with Crippen molar-refractivity contribution in [3.63, 3.8) is 0 Å². The summed E-state index contributed by atoms with van der Waals surface area (Å²) in [5.41, 5.74) is 9.86. The second kappa shape index (κ2) is 11.5. The number of hydrogen-bond acceptors (Lipinski definition) is 5. The van der Waals surface area contributed by atoms with Crippen molar-refractivity contribution >= 4 is 35.1 Å². The number of hydrogen-bond donors (Lipinski definition) is 4. The highest BCUT2D eigenvalue weighted by Crippen LogP contribution is 2.34. The molecule has 2 amide bonds. The Morgan fingerprint density at radius 1 is 1.14 bits per heavy atom. The van der Waals surface area contributed by atoms with Crippen LogP contribution in [0.5, 0.6) is 11.5 Å². The third-order valence-corrected chi connectivity index (χ3v) is 6.57. The van der Waals surface area contributed by atoms with E-state index in [9.17, 15) is 9.59 Å². The van der Waals surface area contributed by atoms with Crippen LogP contribution in [0.25, 0.3) is 10.9 Å². The third-order valence-electron chi connectivity index (χ3n) is 6.57. The van der Waals surface area contributed by atoms with Gasteiger partial charge in [-0.2, -0.15) is 0 Å². The third kappa shape index (κ3) is 5.89. The molecule has 1 aliphatic rings. The zero-order valence-electron chi connectivity index (χ0n) is 20.2. The number of fused-ring (bicyclic) bond motifs is 2. The number of nitrogens with one attached hydrogen (secondary N) is 3. The number of amides is 2. The molecule has 4 rings (SSSR count). The molecule has 3 aromatic rings. The van der Waals surface area contributed by atoms with Gasteiger partial charge in [-0.1, -0.05) is 18.2 Å². The van der Waals surface area contributed by atoms with Gasteiger partial charge < -0.3 is 30.8 Å². The molecule has 9 heteroatoms. The fraction of sp³-hybridized carbons (Fsp3) is 0.385. The molecule has 35 heavy (non-hydrogen) atoms. The summed E-state index contributed by atoms with van der Waals surface area (Å²) < 4.78 is 10.9. The number of H-pyrrole nitrogens is 1. The van der Waals surface area contributed by atoms with Crippen molar-refractivity contribution in [3.05, 3.63) is 59.3 Å². The number of primary amides is 1. The summed E-state index contributed by atoms with van der Waals surface area (Å²) in [6, 6.07) is 10.9. The zero-order chi connectivity index (χ0) is 24.2. The lowest BCUT2D eigenvalue weighted by atomic mass is 9.87. The summed E-state index contributed by atoms with van der Waals surface area (Å²) in [6.07, 6.45) is 4.94. The average Bonchev–Trinajstić information content (AvgIpc) is 3.25. The number of carbonyl (C=O) groups is 2. The van der Waals surface area contributed by atoms with Crippen LogP contribution in [0.2, 0.25) is 0 Å². The van der Waals surface area contributed by atoms with E-state index in [1.165, 1.54) is 11.1 Å². The van der Waals surface area contributed by atoms with E-state index >= 15 is 0 Å². The lowest BCUT2D eigenvalue weighted by Gasteiger charge is -2.30. The molecule has 3 atom stereocenters. The lowest BCUT2D eigenvalue weighted by Crippen LogP contribution is -2.54. The number of halogens is 1. The topological polar surface area (TPSA) is 118 Å². The number of aromatic amines is 1. The van der Waals surface area contributed by atoms with Gasteiger partial charge in [0.1, 0.15) is 6.04 Å². The monoisotopic (exact) mass is 500 g/mol. The van der Waals surface area contributed by atoms with Gasteiger partial charge in [-0.3, -0.25) is 9.59 Å². The molecule has 1 unspecified atom stereocenters. The van der Waals surface area contributed by atoms with Gasteiger partial charge in [-0.15, -0.1) is 12.4 Å². The van der Waals surface area contributed by atoms with Crippen LogP contribution >= 0.6 is 12.4 Å². The predicted octanol–water partition coefficient (Wildman–Crippen LogP) is 2.66. The smallest absolute Gasteiger partial charge is 0.239 e. The maximum atomic E-state index is 13.2. The number of aromatic nitrogens is 1. The van der Waals surface area contributed by atoms with Crippen molar-refractivity contribution in [2.45, 2.75) is 50.7 Å². The molecule has 2 aromatic carbocycles. The standard InChI is InChI=1S/C26H32N4O4.ClH/c1-15(25(27)31)29-26(32)22(11-18-14-28-21-7-5-4-6-20(18)21)30-19-9-8-16-12-23(33-2)24(34-3)13-17(16)10-19;/h4-7,12-15,19,22,28,30H,8-11H2,1-3H3,(H2,27,31)(H,29,32);1H/t15-,19?,22-;/m0./s1. The quantitative estimate of drug-likeness (QED) is 0.360. The summed E-state index contributed by atoms with van der Waals surface area (Å²) in [5.74, 6) is 0.622. The van der Waals surface area contributed by atoms with Crippen LogP contribution in [0.15, 0.2) is 42.6 Å². The van der Waals surface area contributed by atoms with Crippen molar-refractivity contribution in [2.75, 3.05) is 14.2 Å². The van der Waals surface area contributed by atoms with E-state index in [1.54, 1.807) is 21.1 Å². The number of rotatable bonds is 9. The minimum absolute atomic E-state index is 0. The summed E-state index contributed by atoms with van der Waals surface area (Å²) >= 11 is 0. The van der Waals surface area contributed by atoms with E-state index in [0.717, 1.165) is 41.5 Å². The van der Waals surface area contributed by atoms with Gasteiger partial charge in [0.2, 0.25) is 11.8 Å². The highest BCUT2D eigenvalue weighted by atomic mass is 35.5. The van der Waals surface area contributed by atoms with Gasteiger partial charge in [0, 0.05) is 23.1 Å². The Kier molecular flexibility index (Phi) is 8.64. The highest BCUT2D eigenvalue weighted by Gasteiger charge is 2.28. The molecule has 0 radical (unpaired) electrons. The number of para-hydroxylation sites is 1. The van der Waals surface area contributed by atoms with Crippen LogP contribution < -0.4 is 25.8 Å². The fourth-order valence-electron chi connectivity index (χ4n) is 4.64. The lowest BCUT2D eigenvalue weighted by molar-refractivity contribution is -0.128. The minimum atomic E-state index is -0.747. The molecule has 0 bridgehead atoms. The molecule has 0 saturated heterocycles. The first-order valence-corrected chi connectivity index (χ1v) is 11.5. The number of carbonyl (C=O) groups excluding carboxylic acids is 2. The number of methoxy groups -OCH3 is 2. The predicted molar refractivity (Wildman–Crippen MR) is 138 cm³/mol. The number of nitrogens with two attached hydrogens (primary N) is 1. The Morgan fingerprint density at radius 3 is 2.51 bits per heavy atom. The van der Waals surface area contributed by atoms with E-state index in [1.807, 2.05) is 42.6 Å². The Morgan fingerprint density at radius 2 is 1.83 bits per heavy atom. The molecule has 0 aliphatic heterocycles. The van der Waals surface area contributed by atoms with Gasteiger partial charge in [0.05, 0.1) is 20.3 Å². The molecular weight excluding hydrogens is 468 g/mol. The van der Waals surface area contributed by atoms with E-state index in [0.29, 0.717) is 12.2 Å². The largest absolute Gasteiger partial charge is 0.493 e. The van der Waals surface area contributed by atoms with Crippen LogP contribution in [-0.4, -0.2) is 49.1 Å². The van der Waals surface area contributed by atoms with Gasteiger partial charge in [-0.05, 0) is 67.5 Å². The molecule has 188 valence electrons. The van der Waals surface area contributed by atoms with Gasteiger partial charge in [-0.25, -0.2) is 0 Å². The number of aryl methyl sites for hydroxylation is 1. The molecular formula is C26H33ClN4O4. The fourth-order valence-corrected chi connectivity index (χ4v) is 4.64. The highest BCUT2D eigenvalue weighted by molar-refractivity contribution is 5.90. The second-order valence-corrected chi connectivity index (χ2v) is 8.83. The first kappa shape index (κ1) is 26.4. The zero-order valence-corrected chi connectivity index (χ0v) is 21.0. The van der Waals surface area contributed by atoms with Crippen LogP contribution in [0.4, 0.5) is 0 Å². The SMILES string of the molecule is COc1cc2c(cc1OC)CC(N[C@@H](Cc1c[nH]c3ccccc13)C(=O)N[C@@H](C)C(N)=O)CC2.Cl. The molecule has 0 saturated carbocycles. The first-order valence-electron chi connectivity index (χ1n) is 11.5. The molecule has 1 aromatic heterocycles. The minimum Gasteiger partial charge on any atom is -0.493 e. The maximum absolute atomic E-state index is 13.2. The van der Waals surface area contributed by atoms with Crippen molar-refractivity contribution in [3.8, 4) is 11.5 Å². The Balaban J connectivity index is 0.00000342. The van der Waals surface area contributed by atoms with Crippen LogP contribution in [0, 0.1) is 0 Å². The summed E-state index contributed by atoms with van der Waals surface area (Å²) in [5, 5.41) is 7.40. The normalized spacial score (nSPS) is 16.5. The van der Waals surface area contributed by atoms with Crippen LogP contribution in [0.1, 0.15) is 30.0 Å². The molecule has 1 heterocycles. The van der Waals surface area contributed by atoms with Gasteiger partial charge >= 0.3 is 0 Å². The van der Waals surface area contributed by atoms with Crippen LogP contribution in [0.3, 0.4) is 0 Å². The van der Waals surface area contributed by atoms with E-state index in [-0.39, 0.29) is 24.4 Å². The number of benzene rings is 2. The van der Waals surface area contributed by atoms with E-state index in [4.69, 9.17) is 15.2 Å². The van der Waals surface area contributed by atoms with Crippen LogP contribution in [-0.2, 0) is 28.9 Å². The molecule has 0 spiro atoms. The molecule has 5 N–H and O–H groups in total. The Bertz CT molecular complexity index is 1200. The Labute approximate surface area is 211 Å². The Hall–Kier alpha value is -3.23. The summed E-state index contributed by atoms with van der Waals surface area (Å²) in [7, 11) is 3.27. The molecule has 1 aliphatic carbocycles. The first-order chi connectivity index (χ1) is 16.4. The number of ether oxygens (including phenoxy) is 2. The van der Waals surface area contributed by atoms with Gasteiger partial charge in [0.15, 0.2) is 11.5 Å². The molecule has 0 fully saturated rings. The van der Waals surface area contributed by atoms with Crippen molar-refractivity contribution in [1.82, 2.24) is 15.6 Å². The van der Waals surface area contributed by atoms with E-state index < -0.39 is 18.0 Å².